The molecular weight excluding hydrogens is 288 g/mol. The van der Waals surface area contributed by atoms with Gasteiger partial charge >= 0.3 is 0 Å². The van der Waals surface area contributed by atoms with E-state index >= 15 is 0 Å². The molecule has 3 rings (SSSR count). The van der Waals surface area contributed by atoms with Crippen LogP contribution in [0.1, 0.15) is 38.2 Å². The molecule has 1 saturated carbocycles. The van der Waals surface area contributed by atoms with Gasteiger partial charge < -0.3 is 9.84 Å². The molecule has 0 bridgehead atoms. The lowest BCUT2D eigenvalue weighted by Crippen LogP contribution is -2.15. The van der Waals surface area contributed by atoms with Crippen LogP contribution in [-0.4, -0.2) is 28.3 Å². The first kappa shape index (κ1) is 15.9. The average molecular weight is 312 g/mol. The van der Waals surface area contributed by atoms with Crippen LogP contribution in [0.5, 0.6) is 5.88 Å². The van der Waals surface area contributed by atoms with Gasteiger partial charge in [0, 0.05) is 24.4 Å². The molecule has 0 unspecified atom stereocenters. The Morgan fingerprint density at radius 1 is 1.22 bits per heavy atom. The van der Waals surface area contributed by atoms with E-state index in [0.717, 1.165) is 42.3 Å². The molecule has 1 fully saturated rings. The van der Waals surface area contributed by atoms with Gasteiger partial charge in [0.05, 0.1) is 17.6 Å². The third-order valence-corrected chi connectivity index (χ3v) is 4.58. The van der Waals surface area contributed by atoms with E-state index in [-0.39, 0.29) is 0 Å². The topological polar surface area (TPSA) is 55.2 Å². The largest absolute Gasteiger partial charge is 0.478 e. The minimum Gasteiger partial charge on any atom is -0.478 e. The SMILES string of the molecule is CCOc1ccc2nccc(C=C[C@H]3CC[C@H](CO)CC3)c2n1. The molecule has 0 atom stereocenters. The second kappa shape index (κ2) is 7.55. The Kier molecular flexibility index (Phi) is 5.23. The summed E-state index contributed by atoms with van der Waals surface area (Å²) in [5, 5.41) is 9.23. The highest BCUT2D eigenvalue weighted by atomic mass is 16.5. The van der Waals surface area contributed by atoms with Crippen LogP contribution in [-0.2, 0) is 0 Å². The monoisotopic (exact) mass is 312 g/mol. The minimum absolute atomic E-state index is 0.329. The van der Waals surface area contributed by atoms with E-state index in [1.807, 2.05) is 31.3 Å². The Bertz CT molecular complexity index is 676. The lowest BCUT2D eigenvalue weighted by molar-refractivity contribution is 0.178. The zero-order chi connectivity index (χ0) is 16.1. The van der Waals surface area contributed by atoms with Crippen molar-refractivity contribution >= 4 is 17.1 Å². The van der Waals surface area contributed by atoms with Gasteiger partial charge in [0.15, 0.2) is 0 Å². The van der Waals surface area contributed by atoms with E-state index in [1.54, 1.807) is 0 Å². The molecule has 0 radical (unpaired) electrons. The van der Waals surface area contributed by atoms with Gasteiger partial charge in [-0.15, -0.1) is 0 Å². The third kappa shape index (κ3) is 3.88. The highest BCUT2D eigenvalue weighted by Gasteiger charge is 2.18. The van der Waals surface area contributed by atoms with E-state index < -0.39 is 0 Å². The van der Waals surface area contributed by atoms with Crippen molar-refractivity contribution in [2.75, 3.05) is 13.2 Å². The number of hydrogen-bond donors (Lipinski definition) is 1. The van der Waals surface area contributed by atoms with Gasteiger partial charge in [-0.3, -0.25) is 4.98 Å². The molecule has 0 saturated heterocycles. The first-order valence-electron chi connectivity index (χ1n) is 8.47. The van der Waals surface area contributed by atoms with Crippen molar-refractivity contribution in [3.63, 3.8) is 0 Å². The number of fused-ring (bicyclic) bond motifs is 1. The molecule has 4 nitrogen and oxygen atoms in total. The van der Waals surface area contributed by atoms with Crippen LogP contribution in [0.25, 0.3) is 17.1 Å². The molecule has 23 heavy (non-hydrogen) atoms. The molecule has 0 amide bonds. The Labute approximate surface area is 137 Å². The number of aliphatic hydroxyl groups excluding tert-OH is 1. The lowest BCUT2D eigenvalue weighted by atomic mass is 9.82. The smallest absolute Gasteiger partial charge is 0.213 e. The summed E-state index contributed by atoms with van der Waals surface area (Å²) in [6, 6.07) is 5.82. The van der Waals surface area contributed by atoms with Crippen LogP contribution in [0.4, 0.5) is 0 Å². The summed E-state index contributed by atoms with van der Waals surface area (Å²) in [5.41, 5.74) is 2.86. The van der Waals surface area contributed by atoms with Gasteiger partial charge in [-0.2, -0.15) is 0 Å². The summed E-state index contributed by atoms with van der Waals surface area (Å²) in [4.78, 5) is 8.96. The molecule has 0 aliphatic heterocycles. The van der Waals surface area contributed by atoms with Crippen LogP contribution >= 0.6 is 0 Å². The molecule has 1 N–H and O–H groups in total. The quantitative estimate of drug-likeness (QED) is 0.911. The highest BCUT2D eigenvalue weighted by Crippen LogP contribution is 2.30. The Morgan fingerprint density at radius 2 is 2.04 bits per heavy atom. The van der Waals surface area contributed by atoms with E-state index in [9.17, 15) is 5.11 Å². The molecule has 1 aliphatic carbocycles. The molecular formula is C19H24N2O2. The van der Waals surface area contributed by atoms with Gasteiger partial charge in [-0.1, -0.05) is 12.2 Å². The maximum atomic E-state index is 9.23. The lowest BCUT2D eigenvalue weighted by Gasteiger charge is -2.25. The number of allylic oxidation sites excluding steroid dienone is 1. The van der Waals surface area contributed by atoms with Gasteiger partial charge in [-0.05, 0) is 56.6 Å². The van der Waals surface area contributed by atoms with Gasteiger partial charge in [0.25, 0.3) is 0 Å². The van der Waals surface area contributed by atoms with Crippen molar-refractivity contribution < 1.29 is 9.84 Å². The molecule has 2 aromatic rings. The van der Waals surface area contributed by atoms with Gasteiger partial charge in [0.2, 0.25) is 5.88 Å². The first-order chi connectivity index (χ1) is 11.3. The molecule has 1 aliphatic rings. The molecule has 2 heterocycles. The summed E-state index contributed by atoms with van der Waals surface area (Å²) in [6.45, 7) is 2.90. The van der Waals surface area contributed by atoms with Crippen LogP contribution in [0, 0.1) is 11.8 Å². The average Bonchev–Trinajstić information content (AvgIpc) is 2.60. The van der Waals surface area contributed by atoms with Crippen molar-refractivity contribution in [2.24, 2.45) is 11.8 Å². The van der Waals surface area contributed by atoms with E-state index in [4.69, 9.17) is 4.74 Å². The fraction of sp³-hybridized carbons (Fsp3) is 0.474. The zero-order valence-corrected chi connectivity index (χ0v) is 13.6. The predicted octanol–water partition coefficient (Wildman–Crippen LogP) is 3.84. The van der Waals surface area contributed by atoms with Crippen LogP contribution in [0.2, 0.25) is 0 Å². The number of pyridine rings is 2. The van der Waals surface area contributed by atoms with Crippen molar-refractivity contribution in [3.8, 4) is 5.88 Å². The van der Waals surface area contributed by atoms with Crippen molar-refractivity contribution in [1.82, 2.24) is 9.97 Å². The minimum atomic E-state index is 0.329. The standard InChI is InChI=1S/C19H24N2O2/c1-2-23-18-10-9-17-19(21-18)16(11-12-20-17)8-7-14-3-5-15(13-22)6-4-14/h7-12,14-15,22H,2-6,13H2,1H3/t14-,15-. The number of aromatic nitrogens is 2. The van der Waals surface area contributed by atoms with Gasteiger partial charge in [0.1, 0.15) is 0 Å². The maximum Gasteiger partial charge on any atom is 0.213 e. The second-order valence-electron chi connectivity index (χ2n) is 6.17. The summed E-state index contributed by atoms with van der Waals surface area (Å²) in [6.07, 6.45) is 10.8. The highest BCUT2D eigenvalue weighted by molar-refractivity contribution is 5.84. The van der Waals surface area contributed by atoms with Crippen LogP contribution in [0.15, 0.2) is 30.5 Å². The number of aliphatic hydroxyl groups is 1. The van der Waals surface area contributed by atoms with E-state index in [0.29, 0.717) is 30.9 Å². The Hall–Kier alpha value is -1.94. The molecule has 122 valence electrons. The first-order valence-corrected chi connectivity index (χ1v) is 8.47. The predicted molar refractivity (Wildman–Crippen MR) is 92.3 cm³/mol. The Balaban J connectivity index is 1.79. The summed E-state index contributed by atoms with van der Waals surface area (Å²) in [5.74, 6) is 1.74. The van der Waals surface area contributed by atoms with Crippen molar-refractivity contribution in [1.29, 1.82) is 0 Å². The molecule has 4 heteroatoms. The second-order valence-corrected chi connectivity index (χ2v) is 6.17. The number of ether oxygens (including phenoxy) is 1. The normalized spacial score (nSPS) is 21.8. The molecule has 0 aromatic carbocycles. The van der Waals surface area contributed by atoms with Gasteiger partial charge in [-0.25, -0.2) is 4.98 Å². The summed E-state index contributed by atoms with van der Waals surface area (Å²) in [7, 11) is 0. The van der Waals surface area contributed by atoms with Crippen molar-refractivity contribution in [2.45, 2.75) is 32.6 Å². The molecule has 0 spiro atoms. The van der Waals surface area contributed by atoms with Crippen LogP contribution in [0.3, 0.4) is 0 Å². The number of rotatable bonds is 5. The molecule has 2 aromatic heterocycles. The fourth-order valence-corrected chi connectivity index (χ4v) is 3.19. The van der Waals surface area contributed by atoms with E-state index in [2.05, 4.69) is 22.1 Å². The summed E-state index contributed by atoms with van der Waals surface area (Å²) < 4.78 is 5.50. The van der Waals surface area contributed by atoms with E-state index in [1.165, 1.54) is 0 Å². The summed E-state index contributed by atoms with van der Waals surface area (Å²) >= 11 is 0. The Morgan fingerprint density at radius 3 is 2.78 bits per heavy atom. The van der Waals surface area contributed by atoms with Crippen LogP contribution < -0.4 is 4.74 Å². The fourth-order valence-electron chi connectivity index (χ4n) is 3.19. The third-order valence-electron chi connectivity index (χ3n) is 4.58. The van der Waals surface area contributed by atoms with Crippen molar-refractivity contribution in [3.05, 3.63) is 36.0 Å². The number of hydrogen-bond acceptors (Lipinski definition) is 4. The zero-order valence-electron chi connectivity index (χ0n) is 13.6. The maximum absolute atomic E-state index is 9.23. The number of nitrogens with zero attached hydrogens (tertiary/aromatic N) is 2.